The second-order valence-electron chi connectivity index (χ2n) is 5.40. The van der Waals surface area contributed by atoms with Gasteiger partial charge in [-0.1, -0.05) is 36.9 Å². The van der Waals surface area contributed by atoms with E-state index in [1.54, 1.807) is 0 Å². The first-order chi connectivity index (χ1) is 8.66. The molecule has 2 rings (SSSR count). The lowest BCUT2D eigenvalue weighted by Crippen LogP contribution is -2.45. The Morgan fingerprint density at radius 3 is 2.78 bits per heavy atom. The number of hydrogen-bond acceptors (Lipinski definition) is 2. The molecule has 0 aliphatic carbocycles. The number of nitrogens with one attached hydrogen (secondary N) is 1. The van der Waals surface area contributed by atoms with Gasteiger partial charge >= 0.3 is 0 Å². The third-order valence-corrected chi connectivity index (χ3v) is 3.99. The van der Waals surface area contributed by atoms with Gasteiger partial charge in [0.05, 0.1) is 0 Å². The van der Waals surface area contributed by atoms with Crippen LogP contribution < -0.4 is 5.32 Å². The molecule has 1 N–H and O–H groups in total. The van der Waals surface area contributed by atoms with Crippen molar-refractivity contribution in [2.24, 2.45) is 0 Å². The molecule has 1 heterocycles. The zero-order valence-electron chi connectivity index (χ0n) is 11.5. The second-order valence-corrected chi connectivity index (χ2v) is 5.40. The van der Waals surface area contributed by atoms with Gasteiger partial charge in [0.1, 0.15) is 0 Å². The van der Waals surface area contributed by atoms with E-state index in [1.165, 1.54) is 30.5 Å². The molecular weight excluding hydrogens is 220 g/mol. The van der Waals surface area contributed by atoms with E-state index >= 15 is 0 Å². The zero-order valence-corrected chi connectivity index (χ0v) is 11.5. The second kappa shape index (κ2) is 6.17. The molecule has 18 heavy (non-hydrogen) atoms. The van der Waals surface area contributed by atoms with Crippen LogP contribution in [-0.4, -0.2) is 37.1 Å². The van der Waals surface area contributed by atoms with E-state index in [9.17, 15) is 0 Å². The van der Waals surface area contributed by atoms with Gasteiger partial charge in [-0.25, -0.2) is 0 Å². The molecular formula is C16H24N2. The quantitative estimate of drug-likeness (QED) is 0.876. The zero-order chi connectivity index (χ0) is 13.0. The Labute approximate surface area is 111 Å². The van der Waals surface area contributed by atoms with Gasteiger partial charge in [0.25, 0.3) is 0 Å². The molecule has 0 amide bonds. The molecule has 0 spiro atoms. The van der Waals surface area contributed by atoms with Gasteiger partial charge in [-0.15, -0.1) is 0 Å². The Morgan fingerprint density at radius 2 is 2.11 bits per heavy atom. The van der Waals surface area contributed by atoms with Crippen molar-refractivity contribution in [2.45, 2.75) is 31.8 Å². The lowest BCUT2D eigenvalue weighted by Gasteiger charge is -2.35. The van der Waals surface area contributed by atoms with Crippen LogP contribution >= 0.6 is 0 Å². The highest BCUT2D eigenvalue weighted by Gasteiger charge is 2.22. The fraction of sp³-hybridized carbons (Fsp3) is 0.500. The summed E-state index contributed by atoms with van der Waals surface area (Å²) >= 11 is 0. The van der Waals surface area contributed by atoms with E-state index in [0.717, 1.165) is 6.54 Å². The Morgan fingerprint density at radius 1 is 1.39 bits per heavy atom. The third-order valence-electron chi connectivity index (χ3n) is 3.99. The first kappa shape index (κ1) is 13.3. The van der Waals surface area contributed by atoms with Crippen molar-refractivity contribution in [3.8, 4) is 0 Å². The van der Waals surface area contributed by atoms with Crippen molar-refractivity contribution >= 4 is 5.57 Å². The van der Waals surface area contributed by atoms with Crippen LogP contribution in [0.25, 0.3) is 5.57 Å². The fourth-order valence-electron chi connectivity index (χ4n) is 2.52. The fourth-order valence-corrected chi connectivity index (χ4v) is 2.52. The maximum Gasteiger partial charge on any atom is 0.0208 e. The average Bonchev–Trinajstić information content (AvgIpc) is 2.41. The number of hydrogen-bond donors (Lipinski definition) is 1. The SMILES string of the molecule is C=C(CNC1CCN(C)C(C)C1)c1ccccc1. The largest absolute Gasteiger partial charge is 0.310 e. The minimum absolute atomic E-state index is 0.636. The van der Waals surface area contributed by atoms with E-state index in [4.69, 9.17) is 0 Å². The molecule has 2 nitrogen and oxygen atoms in total. The first-order valence-electron chi connectivity index (χ1n) is 6.83. The number of nitrogens with zero attached hydrogens (tertiary/aromatic N) is 1. The minimum atomic E-state index is 0.636. The van der Waals surface area contributed by atoms with Gasteiger partial charge in [0.2, 0.25) is 0 Å². The molecule has 1 aliphatic rings. The van der Waals surface area contributed by atoms with E-state index in [-0.39, 0.29) is 0 Å². The van der Waals surface area contributed by atoms with Crippen LogP contribution in [0.2, 0.25) is 0 Å². The summed E-state index contributed by atoms with van der Waals surface area (Å²) in [6, 6.07) is 11.7. The maximum absolute atomic E-state index is 4.17. The predicted molar refractivity (Wildman–Crippen MR) is 78.6 cm³/mol. The molecule has 2 heteroatoms. The Bertz CT molecular complexity index is 385. The van der Waals surface area contributed by atoms with E-state index < -0.39 is 0 Å². The van der Waals surface area contributed by atoms with Crippen molar-refractivity contribution in [3.63, 3.8) is 0 Å². The standard InChI is InChI=1S/C16H24N2/c1-13(15-7-5-4-6-8-15)12-17-16-9-10-18(3)14(2)11-16/h4-8,14,16-17H,1,9-12H2,2-3H3. The Kier molecular flexibility index (Phi) is 4.56. The Hall–Kier alpha value is -1.12. The van der Waals surface area contributed by atoms with Gasteiger partial charge in [-0.3, -0.25) is 0 Å². The summed E-state index contributed by atoms with van der Waals surface area (Å²) in [6.45, 7) is 8.56. The van der Waals surface area contributed by atoms with Crippen LogP contribution in [0, 0.1) is 0 Å². The Balaban J connectivity index is 1.80. The molecule has 0 saturated carbocycles. The number of benzene rings is 1. The predicted octanol–water partition coefficient (Wildman–Crippen LogP) is 2.77. The number of rotatable bonds is 4. The highest BCUT2D eigenvalue weighted by molar-refractivity contribution is 5.64. The number of piperidine rings is 1. The molecule has 1 aliphatic heterocycles. The molecule has 0 radical (unpaired) electrons. The van der Waals surface area contributed by atoms with Gasteiger partial charge in [0.15, 0.2) is 0 Å². The molecule has 1 aromatic rings. The summed E-state index contributed by atoms with van der Waals surface area (Å²) in [4.78, 5) is 2.43. The van der Waals surface area contributed by atoms with E-state index in [2.05, 4.69) is 55.0 Å². The summed E-state index contributed by atoms with van der Waals surface area (Å²) in [5.74, 6) is 0. The summed E-state index contributed by atoms with van der Waals surface area (Å²) in [5, 5.41) is 3.64. The molecule has 1 aromatic carbocycles. The van der Waals surface area contributed by atoms with Crippen LogP contribution in [0.1, 0.15) is 25.3 Å². The van der Waals surface area contributed by atoms with Gasteiger partial charge in [0, 0.05) is 18.6 Å². The molecule has 1 saturated heterocycles. The summed E-state index contributed by atoms with van der Waals surface area (Å²) < 4.78 is 0. The molecule has 2 unspecified atom stereocenters. The topological polar surface area (TPSA) is 15.3 Å². The van der Waals surface area contributed by atoms with Crippen LogP contribution in [-0.2, 0) is 0 Å². The van der Waals surface area contributed by atoms with Crippen molar-refractivity contribution in [1.29, 1.82) is 0 Å². The first-order valence-corrected chi connectivity index (χ1v) is 6.83. The van der Waals surface area contributed by atoms with Gasteiger partial charge < -0.3 is 10.2 Å². The van der Waals surface area contributed by atoms with Crippen LogP contribution in [0.4, 0.5) is 0 Å². The highest BCUT2D eigenvalue weighted by atomic mass is 15.1. The normalized spacial score (nSPS) is 25.0. The lowest BCUT2D eigenvalue weighted by molar-refractivity contribution is 0.171. The molecule has 0 aromatic heterocycles. The summed E-state index contributed by atoms with van der Waals surface area (Å²) in [5.41, 5.74) is 2.42. The van der Waals surface area contributed by atoms with E-state index in [1.807, 2.05) is 6.07 Å². The van der Waals surface area contributed by atoms with Crippen LogP contribution in [0.5, 0.6) is 0 Å². The van der Waals surface area contributed by atoms with Gasteiger partial charge in [-0.05, 0) is 44.5 Å². The monoisotopic (exact) mass is 244 g/mol. The molecule has 98 valence electrons. The van der Waals surface area contributed by atoms with Crippen molar-refractivity contribution in [3.05, 3.63) is 42.5 Å². The summed E-state index contributed by atoms with van der Waals surface area (Å²) in [7, 11) is 2.21. The third kappa shape index (κ3) is 3.44. The van der Waals surface area contributed by atoms with Crippen molar-refractivity contribution in [2.75, 3.05) is 20.1 Å². The van der Waals surface area contributed by atoms with E-state index in [0.29, 0.717) is 12.1 Å². The highest BCUT2D eigenvalue weighted by Crippen LogP contribution is 2.16. The number of likely N-dealkylation sites (tertiary alicyclic amines) is 1. The smallest absolute Gasteiger partial charge is 0.0208 e. The maximum atomic E-state index is 4.17. The van der Waals surface area contributed by atoms with Gasteiger partial charge in [-0.2, -0.15) is 0 Å². The van der Waals surface area contributed by atoms with Crippen LogP contribution in [0.3, 0.4) is 0 Å². The average molecular weight is 244 g/mol. The van der Waals surface area contributed by atoms with Crippen molar-refractivity contribution < 1.29 is 0 Å². The molecule has 0 bridgehead atoms. The lowest BCUT2D eigenvalue weighted by atomic mass is 9.98. The minimum Gasteiger partial charge on any atom is -0.310 e. The molecule has 1 fully saturated rings. The molecule has 2 atom stereocenters. The van der Waals surface area contributed by atoms with Crippen LogP contribution in [0.15, 0.2) is 36.9 Å². The van der Waals surface area contributed by atoms with Crippen molar-refractivity contribution in [1.82, 2.24) is 10.2 Å². The summed E-state index contributed by atoms with van der Waals surface area (Å²) in [6.07, 6.45) is 2.47.